The molecule has 0 radical (unpaired) electrons. The highest BCUT2D eigenvalue weighted by Gasteiger charge is 2.15. The van der Waals surface area contributed by atoms with Gasteiger partial charge in [-0.3, -0.25) is 10.1 Å². The maximum atomic E-state index is 12.6. The normalized spacial score (nSPS) is 11.2. The molecule has 0 saturated carbocycles. The number of amides is 1. The molecule has 3 rings (SSSR count). The van der Waals surface area contributed by atoms with Crippen LogP contribution in [0.5, 0.6) is 11.5 Å². The molecule has 0 spiro atoms. The summed E-state index contributed by atoms with van der Waals surface area (Å²) in [5, 5.41) is 3.28. The molecule has 3 aromatic rings. The van der Waals surface area contributed by atoms with Crippen molar-refractivity contribution in [2.45, 2.75) is 12.7 Å². The van der Waals surface area contributed by atoms with Crippen LogP contribution in [0.15, 0.2) is 42.5 Å². The predicted molar refractivity (Wildman–Crippen MR) is 118 cm³/mol. The van der Waals surface area contributed by atoms with Gasteiger partial charge in [0.2, 0.25) is 0 Å². The smallest absolute Gasteiger partial charge is 0.257 e. The van der Waals surface area contributed by atoms with Crippen molar-refractivity contribution in [2.24, 2.45) is 0 Å². The van der Waals surface area contributed by atoms with Gasteiger partial charge in [-0.25, -0.2) is 13.4 Å². The number of thiazole rings is 1. The minimum Gasteiger partial charge on any atom is -0.493 e. The number of carbonyl (C=O) groups excluding carboxylic acids is 1. The van der Waals surface area contributed by atoms with E-state index in [1.807, 2.05) is 25.1 Å². The lowest BCUT2D eigenvalue weighted by molar-refractivity contribution is 0.102. The highest BCUT2D eigenvalue weighted by Crippen LogP contribution is 2.36. The third kappa shape index (κ3) is 5.17. The minimum absolute atomic E-state index is 0.0603. The van der Waals surface area contributed by atoms with Crippen LogP contribution in [0.4, 0.5) is 5.13 Å². The molecule has 0 saturated heterocycles. The fraction of sp³-hybridized carbons (Fsp3) is 0.238. The molecule has 0 bridgehead atoms. The molecule has 1 aromatic heterocycles. The summed E-state index contributed by atoms with van der Waals surface area (Å²) in [6, 6.07) is 12.0. The van der Waals surface area contributed by atoms with E-state index in [1.165, 1.54) is 17.6 Å². The van der Waals surface area contributed by atoms with E-state index >= 15 is 0 Å². The quantitative estimate of drug-likeness (QED) is 0.591. The zero-order valence-corrected chi connectivity index (χ0v) is 18.7. The maximum Gasteiger partial charge on any atom is 0.257 e. The van der Waals surface area contributed by atoms with E-state index in [4.69, 9.17) is 9.47 Å². The van der Waals surface area contributed by atoms with Gasteiger partial charge in [-0.05, 0) is 42.8 Å². The van der Waals surface area contributed by atoms with E-state index in [2.05, 4.69) is 10.3 Å². The number of benzene rings is 2. The molecule has 7 nitrogen and oxygen atoms in total. The Bertz CT molecular complexity index is 1170. The topological polar surface area (TPSA) is 94.6 Å². The largest absolute Gasteiger partial charge is 0.493 e. The van der Waals surface area contributed by atoms with E-state index in [0.717, 1.165) is 16.1 Å². The maximum absolute atomic E-state index is 12.6. The molecule has 30 heavy (non-hydrogen) atoms. The van der Waals surface area contributed by atoms with E-state index in [0.29, 0.717) is 27.8 Å². The van der Waals surface area contributed by atoms with Crippen molar-refractivity contribution in [1.82, 2.24) is 4.98 Å². The Labute approximate surface area is 179 Å². The third-order valence-corrected chi connectivity index (χ3v) is 6.06. The Balaban J connectivity index is 1.78. The number of rotatable bonds is 7. The fourth-order valence-corrected chi connectivity index (χ4v) is 4.55. The monoisotopic (exact) mass is 446 g/mol. The first kappa shape index (κ1) is 21.8. The number of sulfone groups is 1. The van der Waals surface area contributed by atoms with Gasteiger partial charge < -0.3 is 9.47 Å². The summed E-state index contributed by atoms with van der Waals surface area (Å²) < 4.78 is 33.4. The molecule has 0 fully saturated rings. The summed E-state index contributed by atoms with van der Waals surface area (Å²) in [4.78, 5) is 18.1. The van der Waals surface area contributed by atoms with Crippen molar-refractivity contribution in [2.75, 3.05) is 25.8 Å². The molecule has 0 unspecified atom stereocenters. The lowest BCUT2D eigenvalue weighted by Gasteiger charge is -2.08. The Morgan fingerprint density at radius 3 is 2.33 bits per heavy atom. The molecule has 158 valence electrons. The second kappa shape index (κ2) is 8.85. The molecular formula is C21H22N2O5S2. The molecule has 2 aromatic carbocycles. The number of nitrogens with one attached hydrogen (secondary N) is 1. The molecule has 9 heteroatoms. The molecule has 1 N–H and O–H groups in total. The molecule has 1 heterocycles. The van der Waals surface area contributed by atoms with Gasteiger partial charge in [-0.2, -0.15) is 0 Å². The second-order valence-electron chi connectivity index (χ2n) is 6.71. The highest BCUT2D eigenvalue weighted by molar-refractivity contribution is 7.89. The summed E-state index contributed by atoms with van der Waals surface area (Å²) in [7, 11) is 0.0257. The van der Waals surface area contributed by atoms with Crippen LogP contribution in [0.2, 0.25) is 0 Å². The van der Waals surface area contributed by atoms with Crippen molar-refractivity contribution in [3.63, 3.8) is 0 Å². The zero-order valence-electron chi connectivity index (χ0n) is 17.1. The highest BCUT2D eigenvalue weighted by atomic mass is 32.2. The molecular weight excluding hydrogens is 424 g/mol. The van der Waals surface area contributed by atoms with E-state index in [9.17, 15) is 13.2 Å². The van der Waals surface area contributed by atoms with E-state index < -0.39 is 9.84 Å². The first-order chi connectivity index (χ1) is 14.2. The van der Waals surface area contributed by atoms with Crippen LogP contribution in [-0.2, 0) is 15.6 Å². The Morgan fingerprint density at radius 2 is 1.73 bits per heavy atom. The SMILES string of the molecule is COc1ccc(-c2nc(NC(=O)c3ccc(CS(C)(=O)=O)cc3)sc2C)cc1OC. The van der Waals surface area contributed by atoms with Gasteiger partial charge in [-0.1, -0.05) is 12.1 Å². The van der Waals surface area contributed by atoms with Gasteiger partial charge >= 0.3 is 0 Å². The minimum atomic E-state index is -3.12. The van der Waals surface area contributed by atoms with Gasteiger partial charge in [0.15, 0.2) is 26.5 Å². The molecule has 1 amide bonds. The molecule has 0 aliphatic rings. The third-order valence-electron chi connectivity index (χ3n) is 4.32. The van der Waals surface area contributed by atoms with Gasteiger partial charge in [0.25, 0.3) is 5.91 Å². The number of hydrogen-bond donors (Lipinski definition) is 1. The number of anilines is 1. The van der Waals surface area contributed by atoms with Crippen molar-refractivity contribution in [1.29, 1.82) is 0 Å². The first-order valence-electron chi connectivity index (χ1n) is 8.98. The fourth-order valence-electron chi connectivity index (χ4n) is 2.93. The average molecular weight is 447 g/mol. The van der Waals surface area contributed by atoms with Gasteiger partial charge in [0.1, 0.15) is 0 Å². The van der Waals surface area contributed by atoms with Crippen LogP contribution in [-0.4, -0.2) is 39.8 Å². The summed E-state index contributed by atoms with van der Waals surface area (Å²) in [6.07, 6.45) is 1.18. The Kier molecular flexibility index (Phi) is 6.42. The number of aryl methyl sites for hydroxylation is 1. The Hall–Kier alpha value is -2.91. The van der Waals surface area contributed by atoms with Gasteiger partial charge in [0.05, 0.1) is 25.7 Å². The number of hydrogen-bond acceptors (Lipinski definition) is 7. The summed E-state index contributed by atoms with van der Waals surface area (Å²) >= 11 is 1.37. The van der Waals surface area contributed by atoms with Gasteiger partial charge in [-0.15, -0.1) is 11.3 Å². The lowest BCUT2D eigenvalue weighted by Crippen LogP contribution is -2.11. The predicted octanol–water partition coefficient (Wildman–Crippen LogP) is 3.93. The van der Waals surface area contributed by atoms with Gasteiger partial charge in [0, 0.05) is 22.3 Å². The van der Waals surface area contributed by atoms with Crippen LogP contribution in [0.25, 0.3) is 11.3 Å². The molecule has 0 aliphatic heterocycles. The number of nitrogens with zero attached hydrogens (tertiary/aromatic N) is 1. The molecule has 0 aliphatic carbocycles. The van der Waals surface area contributed by atoms with Crippen LogP contribution < -0.4 is 14.8 Å². The summed E-state index contributed by atoms with van der Waals surface area (Å²) in [5.74, 6) is 0.854. The zero-order chi connectivity index (χ0) is 21.9. The van der Waals surface area contributed by atoms with E-state index in [-0.39, 0.29) is 11.7 Å². The standard InChI is InChI=1S/C21H22N2O5S2/c1-13-19(16-9-10-17(27-2)18(11-16)28-3)22-21(29-13)23-20(24)15-7-5-14(6-8-15)12-30(4,25)26/h5-11H,12H2,1-4H3,(H,22,23,24). The van der Waals surface area contributed by atoms with Crippen molar-refractivity contribution < 1.29 is 22.7 Å². The van der Waals surface area contributed by atoms with Crippen molar-refractivity contribution >= 4 is 32.2 Å². The van der Waals surface area contributed by atoms with Crippen LogP contribution in [0.3, 0.4) is 0 Å². The summed E-state index contributed by atoms with van der Waals surface area (Å²) in [6.45, 7) is 1.93. The van der Waals surface area contributed by atoms with Crippen LogP contribution in [0, 0.1) is 6.92 Å². The van der Waals surface area contributed by atoms with Crippen molar-refractivity contribution in [3.8, 4) is 22.8 Å². The first-order valence-corrected chi connectivity index (χ1v) is 11.9. The number of methoxy groups -OCH3 is 2. The number of aromatic nitrogens is 1. The van der Waals surface area contributed by atoms with Crippen LogP contribution >= 0.6 is 11.3 Å². The Morgan fingerprint density at radius 1 is 1.07 bits per heavy atom. The lowest BCUT2D eigenvalue weighted by atomic mass is 10.1. The average Bonchev–Trinajstić information content (AvgIpc) is 3.06. The van der Waals surface area contributed by atoms with Crippen molar-refractivity contribution in [3.05, 3.63) is 58.5 Å². The second-order valence-corrected chi connectivity index (χ2v) is 10.1. The number of ether oxygens (including phenoxy) is 2. The summed E-state index contributed by atoms with van der Waals surface area (Å²) in [5.41, 5.74) is 2.66. The number of carbonyl (C=O) groups is 1. The van der Waals surface area contributed by atoms with E-state index in [1.54, 1.807) is 38.5 Å². The molecule has 0 atom stereocenters. The van der Waals surface area contributed by atoms with Crippen LogP contribution in [0.1, 0.15) is 20.8 Å².